The highest BCUT2D eigenvalue weighted by molar-refractivity contribution is 6.28. The number of rotatable bonds is 6. The van der Waals surface area contributed by atoms with Crippen molar-refractivity contribution >= 4 is 71.2 Å². The minimum Gasteiger partial charge on any atom is -0.309 e. The number of aromatic nitrogens is 1. The van der Waals surface area contributed by atoms with Crippen molar-refractivity contribution in [2.45, 2.75) is 209 Å². The van der Waals surface area contributed by atoms with E-state index in [-0.39, 0.29) is 43.3 Å². The molecule has 0 aliphatic carbocycles. The van der Waals surface area contributed by atoms with Crippen molar-refractivity contribution in [3.05, 3.63) is 202 Å². The second-order valence-corrected chi connectivity index (χ2v) is 33.8. The molecule has 0 unspecified atom stereocenters. The van der Waals surface area contributed by atoms with E-state index in [1.54, 1.807) is 0 Å². The first-order chi connectivity index (χ1) is 39.7. The smallest absolute Gasteiger partial charge is 0.0543 e. The van der Waals surface area contributed by atoms with Gasteiger partial charge in [-0.2, -0.15) is 0 Å². The average Bonchev–Trinajstić information content (AvgIpc) is 1.23. The monoisotopic (exact) mass is 1130 g/mol. The highest BCUT2D eigenvalue weighted by Gasteiger charge is 2.31. The maximum absolute atomic E-state index is 2.67. The fourth-order valence-corrected chi connectivity index (χ4v) is 12.9. The lowest BCUT2D eigenvalue weighted by Gasteiger charge is -2.34. The van der Waals surface area contributed by atoms with Crippen molar-refractivity contribution in [1.29, 1.82) is 0 Å². The van der Waals surface area contributed by atoms with Gasteiger partial charge in [0.05, 0.1) is 28.1 Å². The maximum Gasteiger partial charge on any atom is 0.0543 e. The molecule has 0 spiro atoms. The van der Waals surface area contributed by atoms with Crippen LogP contribution in [0.2, 0.25) is 0 Å². The molecule has 2 heteroatoms. The summed E-state index contributed by atoms with van der Waals surface area (Å²) in [6.07, 6.45) is 0. The van der Waals surface area contributed by atoms with Crippen LogP contribution in [0.15, 0.2) is 158 Å². The highest BCUT2D eigenvalue weighted by Crippen LogP contribution is 2.52. The normalized spacial score (nSPS) is 13.6. The number of anilines is 3. The predicted molar refractivity (Wildman–Crippen MR) is 380 cm³/mol. The Bertz CT molecular complexity index is 4320. The number of nitrogens with zero attached hydrogens (tertiary/aromatic N) is 2. The summed E-state index contributed by atoms with van der Waals surface area (Å²) >= 11 is 0. The Kier molecular flexibility index (Phi) is 14.2. The van der Waals surface area contributed by atoms with Gasteiger partial charge in [0.2, 0.25) is 0 Å². The van der Waals surface area contributed by atoms with Crippen molar-refractivity contribution < 1.29 is 0 Å². The van der Waals surface area contributed by atoms with E-state index in [4.69, 9.17) is 0 Å². The van der Waals surface area contributed by atoms with Crippen LogP contribution in [0, 0.1) is 0 Å². The zero-order valence-corrected chi connectivity index (χ0v) is 56.9. The van der Waals surface area contributed by atoms with Crippen molar-refractivity contribution in [2.24, 2.45) is 0 Å². The highest BCUT2D eigenvalue weighted by atomic mass is 15.1. The molecule has 444 valence electrons. The molecule has 1 aromatic heterocycles. The molecule has 0 radical (unpaired) electrons. The Labute approximate surface area is 517 Å². The summed E-state index contributed by atoms with van der Waals surface area (Å²) in [5.74, 6) is 0. The van der Waals surface area contributed by atoms with Gasteiger partial charge in [0.15, 0.2) is 0 Å². The molecule has 0 N–H and O–H groups in total. The Morgan fingerprint density at radius 2 is 0.628 bits per heavy atom. The number of fused-ring (bicyclic) bond motifs is 3. The molecule has 0 aliphatic heterocycles. The van der Waals surface area contributed by atoms with E-state index in [0.29, 0.717) is 0 Å². The van der Waals surface area contributed by atoms with Crippen LogP contribution in [0.1, 0.15) is 211 Å². The summed E-state index contributed by atoms with van der Waals surface area (Å²) in [5, 5.41) is 10.1. The molecule has 0 saturated carbocycles. The van der Waals surface area contributed by atoms with Crippen molar-refractivity contribution in [2.75, 3.05) is 4.90 Å². The molecule has 11 rings (SSSR count). The van der Waals surface area contributed by atoms with E-state index in [2.05, 4.69) is 333 Å². The van der Waals surface area contributed by atoms with Crippen LogP contribution >= 0.6 is 0 Å². The van der Waals surface area contributed by atoms with Crippen LogP contribution in [0.5, 0.6) is 0 Å². The first-order valence-electron chi connectivity index (χ1n) is 31.9. The van der Waals surface area contributed by atoms with E-state index in [1.165, 1.54) is 132 Å². The fourth-order valence-electron chi connectivity index (χ4n) is 12.9. The quantitative estimate of drug-likeness (QED) is 0.151. The van der Waals surface area contributed by atoms with Crippen LogP contribution < -0.4 is 4.90 Å². The molecule has 0 fully saturated rings. The summed E-state index contributed by atoms with van der Waals surface area (Å²) in [4.78, 5) is 2.67. The molecule has 0 amide bonds. The van der Waals surface area contributed by atoms with Gasteiger partial charge >= 0.3 is 0 Å². The van der Waals surface area contributed by atoms with E-state index in [9.17, 15) is 0 Å². The summed E-state index contributed by atoms with van der Waals surface area (Å²) < 4.78 is 2.56. The van der Waals surface area contributed by atoms with Gasteiger partial charge in [0.25, 0.3) is 0 Å². The molecule has 10 aromatic carbocycles. The SMILES string of the molecule is CC(C)(C)c1cc(-c2ccc(C(C)(C)C)cc2-c2ccc(C(C)(C)C)cc2N(c2cc(C(C)(C)C)cc(C(C)(C)C)c2)c2ccc3ccc4c(-n5c6ccc(C(C)(C)C)cc6c6cc(C(C)(C)C)ccc65)ccc5ccc2c3c54)cc(C(C)(C)C)c1. The van der Waals surface area contributed by atoms with E-state index >= 15 is 0 Å². The second-order valence-electron chi connectivity index (χ2n) is 33.8. The third-order valence-electron chi connectivity index (χ3n) is 18.8. The Balaban J connectivity index is 1.27. The van der Waals surface area contributed by atoms with Crippen LogP contribution in [0.25, 0.3) is 82.1 Å². The van der Waals surface area contributed by atoms with Gasteiger partial charge in [-0.1, -0.05) is 263 Å². The maximum atomic E-state index is 2.67. The molecule has 0 aliphatic rings. The Hall–Kier alpha value is -7.16. The summed E-state index contributed by atoms with van der Waals surface area (Å²) in [5.41, 5.74) is 22.2. The minimum atomic E-state index is -0.143. The molecule has 11 aromatic rings. The van der Waals surface area contributed by atoms with Crippen LogP contribution in [-0.4, -0.2) is 4.57 Å². The van der Waals surface area contributed by atoms with Gasteiger partial charge in [-0.15, -0.1) is 0 Å². The van der Waals surface area contributed by atoms with Gasteiger partial charge in [-0.3, -0.25) is 0 Å². The molecule has 86 heavy (non-hydrogen) atoms. The van der Waals surface area contributed by atoms with Crippen molar-refractivity contribution in [3.63, 3.8) is 0 Å². The number of hydrogen-bond acceptors (Lipinski definition) is 1. The van der Waals surface area contributed by atoms with Gasteiger partial charge in [-0.05, 0) is 187 Å². The average molecular weight is 1140 g/mol. The van der Waals surface area contributed by atoms with Gasteiger partial charge in [-0.25, -0.2) is 0 Å². The first-order valence-corrected chi connectivity index (χ1v) is 31.9. The minimum absolute atomic E-state index is 0.00694. The van der Waals surface area contributed by atoms with Crippen LogP contribution in [0.3, 0.4) is 0 Å². The topological polar surface area (TPSA) is 8.17 Å². The van der Waals surface area contributed by atoms with Gasteiger partial charge < -0.3 is 9.47 Å². The molecule has 2 nitrogen and oxygen atoms in total. The third-order valence-corrected chi connectivity index (χ3v) is 18.8. The summed E-state index contributed by atoms with van der Waals surface area (Å²) in [6, 6.07) is 63.3. The van der Waals surface area contributed by atoms with Gasteiger partial charge in [0.1, 0.15) is 0 Å². The van der Waals surface area contributed by atoms with Crippen LogP contribution in [-0.2, 0) is 43.3 Å². The second kappa shape index (κ2) is 20.2. The van der Waals surface area contributed by atoms with E-state index < -0.39 is 0 Å². The predicted octanol–water partition coefficient (Wildman–Crippen LogP) is 24.9. The molecule has 1 heterocycles. The fraction of sp³-hybridized carbons (Fsp3) is 0.381. The van der Waals surface area contributed by atoms with E-state index in [1.807, 2.05) is 0 Å². The summed E-state index contributed by atoms with van der Waals surface area (Å²) in [7, 11) is 0. The van der Waals surface area contributed by atoms with Crippen LogP contribution in [0.4, 0.5) is 17.1 Å². The van der Waals surface area contributed by atoms with Gasteiger partial charge in [0, 0.05) is 32.8 Å². The summed E-state index contributed by atoms with van der Waals surface area (Å²) in [6.45, 7) is 56.5. The lowest BCUT2D eigenvalue weighted by molar-refractivity contribution is 0.568. The molecule has 0 atom stereocenters. The molecular formula is C84H98N2. The molecular weight excluding hydrogens is 1040 g/mol. The molecule has 0 bridgehead atoms. The van der Waals surface area contributed by atoms with Crippen molar-refractivity contribution in [1.82, 2.24) is 4.57 Å². The zero-order valence-electron chi connectivity index (χ0n) is 56.9. The van der Waals surface area contributed by atoms with Crippen molar-refractivity contribution in [3.8, 4) is 27.9 Å². The standard InChI is InChI=1S/C84H98N2/c1-77(2,3)54-29-35-63(53-41-58(81(13,14)15)43-59(42-53)82(16,17)18)67(47-54)64-36-30-57(80(10,11)12)50-74(64)85(62-45-60(83(19,20)21)44-61(46-62)84(22,23)24)70-37-27-51-26-34-66-71(38-28-52-25-33-65(70)75(51)76(52)66)86-72-39-31-55(78(4,5)6)48-68(72)69-49-56(79(7,8)9)32-40-73(69)86/h25-50H,1-24H3. The largest absolute Gasteiger partial charge is 0.309 e. The lowest BCUT2D eigenvalue weighted by atomic mass is 9.77. The lowest BCUT2D eigenvalue weighted by Crippen LogP contribution is -2.20. The first kappa shape index (κ1) is 60.5. The van der Waals surface area contributed by atoms with E-state index in [0.717, 1.165) is 11.4 Å². The zero-order chi connectivity index (χ0) is 62.6. The Morgan fingerprint density at radius 1 is 0.256 bits per heavy atom. The number of hydrogen-bond donors (Lipinski definition) is 0. The molecule has 0 saturated heterocycles. The number of benzene rings is 10. The Morgan fingerprint density at radius 3 is 1.09 bits per heavy atom. The third kappa shape index (κ3) is 11.0.